The molecule has 2 atom stereocenters. The summed E-state index contributed by atoms with van der Waals surface area (Å²) in [7, 11) is 1.66. The molecule has 0 unspecified atom stereocenters. The van der Waals surface area contributed by atoms with E-state index in [1.54, 1.807) is 13.3 Å². The van der Waals surface area contributed by atoms with Gasteiger partial charge in [0.05, 0.1) is 25.7 Å². The molecule has 4 heteroatoms. The van der Waals surface area contributed by atoms with E-state index >= 15 is 0 Å². The second-order valence-electron chi connectivity index (χ2n) is 7.26. The number of quaternary nitrogens is 1. The van der Waals surface area contributed by atoms with Crippen LogP contribution >= 0.6 is 0 Å². The molecule has 0 amide bonds. The summed E-state index contributed by atoms with van der Waals surface area (Å²) < 4.78 is 5.36. The maximum absolute atomic E-state index is 11.2. The van der Waals surface area contributed by atoms with Gasteiger partial charge in [-0.2, -0.15) is 0 Å². The second-order valence-corrected chi connectivity index (χ2v) is 7.26. The van der Waals surface area contributed by atoms with Crippen LogP contribution in [0.5, 0.6) is 5.75 Å². The van der Waals surface area contributed by atoms with E-state index in [1.807, 2.05) is 24.3 Å². The van der Waals surface area contributed by atoms with Crippen LogP contribution in [0.25, 0.3) is 10.9 Å². The van der Waals surface area contributed by atoms with Gasteiger partial charge in [0.25, 0.3) is 0 Å². The molecule has 3 aliphatic rings. The normalized spacial score (nSPS) is 30.2. The molecule has 2 N–H and O–H groups in total. The molecule has 3 aliphatic heterocycles. The molecule has 24 heavy (non-hydrogen) atoms. The average Bonchev–Trinajstić information content (AvgIpc) is 2.67. The predicted octanol–water partition coefficient (Wildman–Crippen LogP) is 1.90. The van der Waals surface area contributed by atoms with Gasteiger partial charge in [0.15, 0.2) is 0 Å². The highest BCUT2D eigenvalue weighted by Crippen LogP contribution is 2.40. The number of nitrogens with one attached hydrogen (secondary N) is 1. The number of fused-ring (bicyclic) bond motifs is 4. The molecule has 1 aromatic carbocycles. The maximum atomic E-state index is 11.2. The molecule has 0 spiro atoms. The zero-order valence-corrected chi connectivity index (χ0v) is 14.2. The molecule has 126 valence electrons. The first kappa shape index (κ1) is 15.6. The van der Waals surface area contributed by atoms with Gasteiger partial charge in [-0.05, 0) is 29.8 Å². The Labute approximate surface area is 142 Å². The number of rotatable bonds is 4. The van der Waals surface area contributed by atoms with Crippen molar-refractivity contribution in [2.75, 3.05) is 20.2 Å². The highest BCUT2D eigenvalue weighted by molar-refractivity contribution is 5.83. The SMILES string of the molecule is C=CC12CC[NH+](CC1)[C@H]([C@H](O)c1ccnc3ccc(OC)cc13)C2. The Morgan fingerprint density at radius 2 is 2.17 bits per heavy atom. The van der Waals surface area contributed by atoms with Crippen LogP contribution in [0.4, 0.5) is 0 Å². The Hall–Kier alpha value is -1.91. The van der Waals surface area contributed by atoms with Crippen LogP contribution in [-0.4, -0.2) is 36.3 Å². The van der Waals surface area contributed by atoms with Crippen LogP contribution in [-0.2, 0) is 0 Å². The van der Waals surface area contributed by atoms with Crippen LogP contribution in [0, 0.1) is 5.41 Å². The van der Waals surface area contributed by atoms with Gasteiger partial charge >= 0.3 is 0 Å². The zero-order chi connectivity index (χ0) is 16.7. The van der Waals surface area contributed by atoms with E-state index in [0.29, 0.717) is 0 Å². The molecule has 2 bridgehead atoms. The number of hydrogen-bond donors (Lipinski definition) is 2. The number of benzene rings is 1. The molecule has 3 saturated heterocycles. The first-order chi connectivity index (χ1) is 11.7. The summed E-state index contributed by atoms with van der Waals surface area (Å²) in [5, 5.41) is 12.2. The summed E-state index contributed by atoms with van der Waals surface area (Å²) in [4.78, 5) is 5.96. The molecule has 0 aliphatic carbocycles. The molecule has 4 heterocycles. The minimum Gasteiger partial charge on any atom is -0.497 e. The average molecular weight is 325 g/mol. The molecule has 3 fully saturated rings. The fraction of sp³-hybridized carbons (Fsp3) is 0.450. The summed E-state index contributed by atoms with van der Waals surface area (Å²) in [5.41, 5.74) is 2.08. The quantitative estimate of drug-likeness (QED) is 0.844. The molecule has 0 radical (unpaired) electrons. The minimum absolute atomic E-state index is 0.216. The van der Waals surface area contributed by atoms with Gasteiger partial charge in [-0.3, -0.25) is 4.98 Å². The molecular weight excluding hydrogens is 300 g/mol. The van der Waals surface area contributed by atoms with Crippen molar-refractivity contribution in [1.29, 1.82) is 0 Å². The standard InChI is InChI=1S/C20H24N2O2/c1-3-20-7-10-22(11-8-20)18(13-20)19(23)15-6-9-21-17-5-4-14(24-2)12-16(15)17/h3-6,9,12,18-19,23H,1,7-8,10-11,13H2,2H3/p+1/t18-,19+/m0/s1. The number of aliphatic hydroxyl groups is 1. The van der Waals surface area contributed by atoms with Gasteiger partial charge in [-0.25, -0.2) is 0 Å². The first-order valence-electron chi connectivity index (χ1n) is 8.75. The smallest absolute Gasteiger partial charge is 0.131 e. The van der Waals surface area contributed by atoms with Crippen LogP contribution in [0.1, 0.15) is 30.9 Å². The van der Waals surface area contributed by atoms with E-state index in [1.165, 1.54) is 17.7 Å². The number of aromatic nitrogens is 1. The van der Waals surface area contributed by atoms with Crippen molar-refractivity contribution in [3.63, 3.8) is 0 Å². The van der Waals surface area contributed by atoms with Gasteiger partial charge < -0.3 is 14.7 Å². The third kappa shape index (κ3) is 2.41. The van der Waals surface area contributed by atoms with Gasteiger partial charge in [0.2, 0.25) is 0 Å². The van der Waals surface area contributed by atoms with Crippen LogP contribution in [0.2, 0.25) is 0 Å². The summed E-state index contributed by atoms with van der Waals surface area (Å²) in [6, 6.07) is 8.03. The minimum atomic E-state index is -0.488. The van der Waals surface area contributed by atoms with Crippen molar-refractivity contribution in [1.82, 2.24) is 4.98 Å². The summed E-state index contributed by atoms with van der Waals surface area (Å²) >= 11 is 0. The lowest BCUT2D eigenvalue weighted by Crippen LogP contribution is -3.19. The van der Waals surface area contributed by atoms with Crippen molar-refractivity contribution >= 4 is 10.9 Å². The van der Waals surface area contributed by atoms with E-state index in [4.69, 9.17) is 4.74 Å². The second kappa shape index (κ2) is 5.87. The maximum Gasteiger partial charge on any atom is 0.131 e. The Bertz CT molecular complexity index is 765. The van der Waals surface area contributed by atoms with Crippen LogP contribution in [0.15, 0.2) is 43.1 Å². The lowest BCUT2D eigenvalue weighted by atomic mass is 9.67. The molecular formula is C20H25N2O2+. The Morgan fingerprint density at radius 1 is 1.38 bits per heavy atom. The monoisotopic (exact) mass is 325 g/mol. The number of methoxy groups -OCH3 is 1. The Morgan fingerprint density at radius 3 is 2.88 bits per heavy atom. The lowest BCUT2D eigenvalue weighted by molar-refractivity contribution is -0.948. The van der Waals surface area contributed by atoms with Gasteiger partial charge in [-0.15, -0.1) is 6.58 Å². The Kier molecular flexibility index (Phi) is 3.82. The topological polar surface area (TPSA) is 46.8 Å². The Balaban J connectivity index is 1.73. The number of ether oxygens (including phenoxy) is 1. The largest absolute Gasteiger partial charge is 0.497 e. The van der Waals surface area contributed by atoms with Crippen LogP contribution < -0.4 is 9.64 Å². The number of nitrogens with zero attached hydrogens (tertiary/aromatic N) is 1. The molecule has 0 saturated carbocycles. The fourth-order valence-electron chi connectivity index (χ4n) is 4.60. The molecule has 4 nitrogen and oxygen atoms in total. The number of allylic oxidation sites excluding steroid dienone is 1. The number of piperidine rings is 3. The van der Waals surface area contributed by atoms with Crippen molar-refractivity contribution in [2.24, 2.45) is 5.41 Å². The molecule has 2 aromatic rings. The van der Waals surface area contributed by atoms with Crippen molar-refractivity contribution in [2.45, 2.75) is 31.4 Å². The van der Waals surface area contributed by atoms with Gasteiger partial charge in [0, 0.05) is 36.3 Å². The number of hydrogen-bond acceptors (Lipinski definition) is 3. The van der Waals surface area contributed by atoms with Crippen molar-refractivity contribution in [3.8, 4) is 5.75 Å². The van der Waals surface area contributed by atoms with Crippen molar-refractivity contribution in [3.05, 3.63) is 48.7 Å². The van der Waals surface area contributed by atoms with E-state index in [0.717, 1.165) is 41.7 Å². The summed E-state index contributed by atoms with van der Waals surface area (Å²) in [6.45, 7) is 6.32. The predicted molar refractivity (Wildman–Crippen MR) is 94.2 cm³/mol. The summed E-state index contributed by atoms with van der Waals surface area (Å²) in [5.74, 6) is 0.796. The lowest BCUT2D eigenvalue weighted by Gasteiger charge is -2.50. The van der Waals surface area contributed by atoms with Crippen molar-refractivity contribution < 1.29 is 14.7 Å². The third-order valence-electron chi connectivity index (χ3n) is 6.15. The van der Waals surface area contributed by atoms with E-state index in [9.17, 15) is 5.11 Å². The number of pyridine rings is 1. The highest BCUT2D eigenvalue weighted by Gasteiger charge is 2.48. The number of aliphatic hydroxyl groups excluding tert-OH is 1. The molecule has 1 aromatic heterocycles. The first-order valence-corrected chi connectivity index (χ1v) is 8.75. The van der Waals surface area contributed by atoms with Gasteiger partial charge in [-0.1, -0.05) is 6.08 Å². The fourth-order valence-corrected chi connectivity index (χ4v) is 4.60. The van der Waals surface area contributed by atoms with Crippen LogP contribution in [0.3, 0.4) is 0 Å². The highest BCUT2D eigenvalue weighted by atomic mass is 16.5. The van der Waals surface area contributed by atoms with E-state index in [-0.39, 0.29) is 11.5 Å². The van der Waals surface area contributed by atoms with E-state index < -0.39 is 6.10 Å². The van der Waals surface area contributed by atoms with E-state index in [2.05, 4.69) is 17.6 Å². The summed E-state index contributed by atoms with van der Waals surface area (Å²) in [6.07, 6.45) is 6.84. The third-order valence-corrected chi connectivity index (χ3v) is 6.15. The zero-order valence-electron chi connectivity index (χ0n) is 14.2. The van der Waals surface area contributed by atoms with Gasteiger partial charge in [0.1, 0.15) is 17.9 Å². The molecule has 5 rings (SSSR count).